The number of ether oxygens (including phenoxy) is 2. The van der Waals surface area contributed by atoms with Gasteiger partial charge in [-0.25, -0.2) is 14.4 Å². The molecule has 0 aromatic heterocycles. The second kappa shape index (κ2) is 68.2. The predicted molar refractivity (Wildman–Crippen MR) is 516 cm³/mol. The molecule has 0 atom stereocenters. The Morgan fingerprint density at radius 3 is 0.949 bits per heavy atom. The summed E-state index contributed by atoms with van der Waals surface area (Å²) >= 11 is 0. The maximum atomic E-state index is 12.2. The number of benzene rings is 3. The molecule has 0 radical (unpaired) electrons. The van der Waals surface area contributed by atoms with Crippen molar-refractivity contribution >= 4 is 59.8 Å². The Labute approximate surface area is 726 Å². The molecule has 2 aliphatic rings. The molecule has 2 saturated heterocycles. The van der Waals surface area contributed by atoms with Crippen LogP contribution in [0.15, 0.2) is 82.8 Å². The van der Waals surface area contributed by atoms with Crippen LogP contribution in [0, 0.1) is 0 Å². The number of nitrogens with one attached hydrogen (secondary N) is 9. The smallest absolute Gasteiger partial charge is 0.335 e. The first-order valence-electron chi connectivity index (χ1n) is 37.8. The molecule has 0 saturated carbocycles. The van der Waals surface area contributed by atoms with Crippen molar-refractivity contribution in [3.8, 4) is 0 Å². The van der Waals surface area contributed by atoms with Gasteiger partial charge < -0.3 is 87.8 Å². The first-order valence-corrected chi connectivity index (χ1v) is 37.8. The molecule has 7 amide bonds. The van der Waals surface area contributed by atoms with Crippen LogP contribution in [0.5, 0.6) is 0 Å². The molecule has 27 nitrogen and oxygen atoms in total. The number of nitrogens with zero attached hydrogens (tertiary/aromatic N) is 8. The molecular formula is C91H190N18O9. The number of carboxylic acids is 1. The maximum absolute atomic E-state index is 12.2. The minimum absolute atomic E-state index is 0. The van der Waals surface area contributed by atoms with E-state index >= 15 is 0 Å². The minimum Gasteiger partial charge on any atom is -0.478 e. The van der Waals surface area contributed by atoms with Crippen LogP contribution in [0.3, 0.4) is 0 Å². The second-order valence-electron chi connectivity index (χ2n) is 35.9. The van der Waals surface area contributed by atoms with E-state index in [4.69, 9.17) is 20.3 Å². The fourth-order valence-corrected chi connectivity index (χ4v) is 8.22. The number of carbonyl (C=O) groups is 6. The van der Waals surface area contributed by atoms with Gasteiger partial charge in [-0.2, -0.15) is 0 Å². The number of amides is 7. The van der Waals surface area contributed by atoms with Crippen molar-refractivity contribution in [3.05, 3.63) is 95.1 Å². The average Bonchev–Trinajstić information content (AvgIpc) is 0.883. The van der Waals surface area contributed by atoms with E-state index in [9.17, 15) is 28.8 Å². The summed E-state index contributed by atoms with van der Waals surface area (Å²) in [7, 11) is 15.4. The van der Waals surface area contributed by atoms with E-state index in [-0.39, 0.29) is 141 Å². The molecule has 2 fully saturated rings. The molecule has 27 heteroatoms. The second-order valence-corrected chi connectivity index (χ2v) is 35.9. The minimum atomic E-state index is -0.884. The highest BCUT2D eigenvalue weighted by Crippen LogP contribution is 2.19. The predicted octanol–water partition coefficient (Wildman–Crippen LogP) is 15.9. The Morgan fingerprint density at radius 1 is 0.424 bits per heavy atom. The van der Waals surface area contributed by atoms with Gasteiger partial charge >= 0.3 is 18.0 Å². The molecule has 0 unspecified atom stereocenters. The molecule has 0 spiro atoms. The lowest BCUT2D eigenvalue weighted by Gasteiger charge is -2.27. The SMILES string of the molecule is C.C.C.C.C.C.C.C.C.CC(C)(C)NC(=O)NCCN1CCOCC1.CC(C)(C)NC(=O)NCCN1CCOCC1.CC(C)(C)NCc1ccc(C(=O)Nc2ccccc2N)cc1.CC(C)(C)NCc1ccc(C(=O)O)cc1.CN(C)C=NC(C)(C)C.CN(C)C=NC(C)(C)C.CN(C)CC(=O)NC(C)(C)C.CN(C)CC(=O)NC(C)(C)C. The molecule has 698 valence electrons. The number of nitrogen functional groups attached to an aromatic ring is 1. The number of aliphatic imine (C=N–C) groups is 2. The molecule has 3 aromatic rings. The number of aromatic carboxylic acids is 1. The zero-order valence-electron chi connectivity index (χ0n) is 73.8. The highest BCUT2D eigenvalue weighted by molar-refractivity contribution is 6.05. The summed E-state index contributed by atoms with van der Waals surface area (Å²) in [5.41, 5.74) is 9.87. The van der Waals surface area contributed by atoms with E-state index in [1.807, 2.05) is 220 Å². The van der Waals surface area contributed by atoms with Gasteiger partial charge in [-0.3, -0.25) is 34.2 Å². The summed E-state index contributed by atoms with van der Waals surface area (Å²) in [5, 5.41) is 35.5. The van der Waals surface area contributed by atoms with E-state index in [2.05, 4.69) is 151 Å². The number of nitrogens with two attached hydrogens (primary N) is 1. The van der Waals surface area contributed by atoms with Crippen LogP contribution in [0.2, 0.25) is 0 Å². The van der Waals surface area contributed by atoms with E-state index < -0.39 is 5.97 Å². The lowest BCUT2D eigenvalue weighted by Crippen LogP contribution is -2.48. The van der Waals surface area contributed by atoms with Crippen LogP contribution in [-0.2, 0) is 32.2 Å². The molecule has 118 heavy (non-hydrogen) atoms. The molecule has 3 aromatic carbocycles. The third kappa shape index (κ3) is 94.0. The summed E-state index contributed by atoms with van der Waals surface area (Å²) in [6.45, 7) is 61.4. The maximum Gasteiger partial charge on any atom is 0.335 e. The molecular weight excluding hydrogens is 1490 g/mol. The van der Waals surface area contributed by atoms with E-state index in [1.54, 1.807) is 24.3 Å². The van der Waals surface area contributed by atoms with Gasteiger partial charge in [0, 0.05) is 132 Å². The molecule has 5 rings (SSSR count). The number of morpholine rings is 2. The molecule has 12 N–H and O–H groups in total. The van der Waals surface area contributed by atoms with Gasteiger partial charge in [0.1, 0.15) is 0 Å². The summed E-state index contributed by atoms with van der Waals surface area (Å²) in [6.07, 6.45) is 3.67. The first-order chi connectivity index (χ1) is 49.6. The fourth-order valence-electron chi connectivity index (χ4n) is 8.22. The van der Waals surface area contributed by atoms with E-state index in [0.29, 0.717) is 48.7 Å². The number of para-hydroxylation sites is 2. The fraction of sp³-hybridized carbons (Fsp3) is 0.714. The van der Waals surface area contributed by atoms with Crippen molar-refractivity contribution in [1.29, 1.82) is 0 Å². The van der Waals surface area contributed by atoms with Crippen LogP contribution in [0.25, 0.3) is 0 Å². The number of urea groups is 2. The topological polar surface area (TPSA) is 320 Å². The largest absolute Gasteiger partial charge is 0.478 e. The van der Waals surface area contributed by atoms with Crippen LogP contribution in [-0.4, -0.2) is 276 Å². The Kier molecular flexibility index (Phi) is 78.9. The van der Waals surface area contributed by atoms with Crippen molar-refractivity contribution in [2.24, 2.45) is 9.98 Å². The van der Waals surface area contributed by atoms with Crippen LogP contribution in [0.1, 0.15) is 265 Å². The van der Waals surface area contributed by atoms with Crippen molar-refractivity contribution in [2.45, 2.75) is 290 Å². The van der Waals surface area contributed by atoms with E-state index in [0.717, 1.165) is 89.9 Å². The van der Waals surface area contributed by atoms with Gasteiger partial charge in [0.25, 0.3) is 5.91 Å². The molecule has 2 aliphatic heterocycles. The summed E-state index contributed by atoms with van der Waals surface area (Å²) in [4.78, 5) is 88.6. The number of likely N-dealkylation sites (N-methyl/N-ethyl adjacent to an activating group) is 2. The third-order valence-corrected chi connectivity index (χ3v) is 13.2. The lowest BCUT2D eigenvalue weighted by atomic mass is 10.1. The van der Waals surface area contributed by atoms with Crippen LogP contribution < -0.4 is 53.6 Å². The van der Waals surface area contributed by atoms with Gasteiger partial charge in [-0.15, -0.1) is 0 Å². The lowest BCUT2D eigenvalue weighted by molar-refractivity contribution is -0.124. The number of rotatable bonds is 19. The third-order valence-electron chi connectivity index (χ3n) is 13.2. The van der Waals surface area contributed by atoms with Crippen molar-refractivity contribution < 1.29 is 43.3 Å². The number of hydrogen-bond acceptors (Lipinski definition) is 17. The number of anilines is 2. The summed E-state index contributed by atoms with van der Waals surface area (Å²) in [5.74, 6) is -0.899. The number of carbonyl (C=O) groups excluding carboxylic acids is 5. The Hall–Kier alpha value is -7.50. The monoisotopic (exact) mass is 1680 g/mol. The average molecular weight is 1680 g/mol. The Morgan fingerprint density at radius 2 is 0.712 bits per heavy atom. The van der Waals surface area contributed by atoms with Crippen molar-refractivity contribution in [3.63, 3.8) is 0 Å². The van der Waals surface area contributed by atoms with Crippen molar-refractivity contribution in [1.82, 2.24) is 71.9 Å². The first kappa shape index (κ1) is 137. The zero-order chi connectivity index (χ0) is 84.8. The van der Waals surface area contributed by atoms with Gasteiger partial charge in [0.05, 0.1) is 80.2 Å². The quantitative estimate of drug-likeness (QED) is 0.0302. The summed E-state index contributed by atoms with van der Waals surface area (Å²) in [6, 6.07) is 21.5. The zero-order valence-corrected chi connectivity index (χ0v) is 73.8. The highest BCUT2D eigenvalue weighted by atomic mass is 16.5. The molecule has 0 aliphatic carbocycles. The standard InChI is InChI=1S/C18H23N3O.C12H17NO2.2C11H23N3O2.2C8H18N2O.2C7H16N2.9CH4/c1-18(2,3)20-12-13-8-10-14(11-9-13)17(22)21-16-7-5-4-6-15(16)19;1-12(2,3)13-8-9-4-6-10(7-5-9)11(14)15;2*1-11(2,3)13-10(15)12-4-5-14-6-8-16-9-7-14;2*1-8(2,3)9-7(11)6-10(4)5;2*1-7(2,3)8-6-9(4)5;;;;;;;;;/h4-11,20H,12,19H2,1-3H3,(H,21,22);4-7,13H,8H2,1-3H3,(H,14,15);2*4-9H2,1-3H3,(H2,12,13,15);2*6H2,1-5H3,(H,9,11);2*6H,1-5H3;9*1H4. The van der Waals surface area contributed by atoms with Crippen LogP contribution >= 0.6 is 0 Å². The van der Waals surface area contributed by atoms with E-state index in [1.165, 1.54) is 0 Å². The van der Waals surface area contributed by atoms with Gasteiger partial charge in [0.2, 0.25) is 11.8 Å². The number of carboxylic acid groups (broad SMARTS) is 1. The number of hydrogen-bond donors (Lipinski definition) is 11. The summed E-state index contributed by atoms with van der Waals surface area (Å²) < 4.78 is 10.5. The van der Waals surface area contributed by atoms with Gasteiger partial charge in [-0.05, 0) is 242 Å². The van der Waals surface area contributed by atoms with Crippen molar-refractivity contribution in [2.75, 3.05) is 159 Å². The van der Waals surface area contributed by atoms with Gasteiger partial charge in [0.15, 0.2) is 0 Å². The molecule has 0 bridgehead atoms. The normalized spacial score (nSPS) is 12.6. The Balaban J connectivity index is -0.000000109. The molecule has 2 heterocycles. The van der Waals surface area contributed by atoms with Crippen LogP contribution in [0.4, 0.5) is 21.0 Å². The highest BCUT2D eigenvalue weighted by Gasteiger charge is 2.19. The van der Waals surface area contributed by atoms with Gasteiger partial charge in [-0.1, -0.05) is 103 Å². The Bertz CT molecular complexity index is 2930.